The third kappa shape index (κ3) is 40.8. The van der Waals surface area contributed by atoms with Crippen LogP contribution in [0.2, 0.25) is 0 Å². The Bertz CT molecular complexity index is 1420. The summed E-state index contributed by atoms with van der Waals surface area (Å²) in [5, 5.41) is 57.0. The van der Waals surface area contributed by atoms with E-state index in [1.165, 1.54) is 167 Å². The Morgan fingerprint density at radius 2 is 0.908 bits per heavy atom. The molecular weight excluding hydrogens is 955 g/mol. The standard InChI is InChI=1S/C65H119NO10/c1-4-7-10-13-16-19-22-25-26-27-28-29-30-31-32-33-35-37-40-43-46-49-52-58(69)64(73)66-56(57(68)51-48-45-42-39-36-24-21-18-15-12-9-6-3)55-74-65-63(62(72)61(71)59(54-67)75-65)76-60(70)53-50-47-44-41-38-34-23-20-17-14-11-8-5-2/h16,19,25-26,28-29,48,51,56-59,61-63,65,67-69,71-72H,4-15,17-18,20-24,27,30-47,49-50,52-55H2,1-3H3,(H,66,73)/b19-16-,26-25-,29-28-,51-48+. The monoisotopic (exact) mass is 1070 g/mol. The number of unbranched alkanes of at least 4 members (excludes halogenated alkanes) is 34. The first-order valence-electron chi connectivity index (χ1n) is 31.9. The van der Waals surface area contributed by atoms with Crippen LogP contribution in [0.15, 0.2) is 48.6 Å². The molecule has 6 N–H and O–H groups in total. The summed E-state index contributed by atoms with van der Waals surface area (Å²) in [5.41, 5.74) is 0. The van der Waals surface area contributed by atoms with Gasteiger partial charge in [-0.05, 0) is 64.2 Å². The topological polar surface area (TPSA) is 175 Å². The molecule has 1 amide bonds. The number of aliphatic hydroxyl groups is 5. The molecule has 1 aliphatic rings. The van der Waals surface area contributed by atoms with Crippen molar-refractivity contribution in [2.45, 2.75) is 339 Å². The van der Waals surface area contributed by atoms with E-state index in [1.807, 2.05) is 6.08 Å². The third-order valence-electron chi connectivity index (χ3n) is 15.0. The minimum Gasteiger partial charge on any atom is -0.454 e. The molecule has 1 saturated heterocycles. The third-order valence-corrected chi connectivity index (χ3v) is 15.0. The van der Waals surface area contributed by atoms with E-state index in [-0.39, 0.29) is 19.4 Å². The number of carbonyl (C=O) groups excluding carboxylic acids is 2. The molecule has 0 aromatic rings. The Kier molecular flexibility index (Phi) is 50.2. The normalized spacial score (nSPS) is 19.4. The summed E-state index contributed by atoms with van der Waals surface area (Å²) in [6.45, 7) is 5.77. The van der Waals surface area contributed by atoms with Gasteiger partial charge in [0.1, 0.15) is 24.4 Å². The number of allylic oxidation sites excluding steroid dienone is 7. The van der Waals surface area contributed by atoms with Gasteiger partial charge in [0, 0.05) is 6.42 Å². The maximum Gasteiger partial charge on any atom is 0.306 e. The SMILES string of the molecule is CCCCC/C=C\C/C=C\C/C=C\CCCCCCCCCCCC(O)C(=O)NC(COC1OC(CO)C(O)C(O)C1OC(=O)CCCCCCCCCCCCCCC)C(O)/C=C/CCCCCCCCCCCC. The lowest BCUT2D eigenvalue weighted by Gasteiger charge is -2.41. The second-order valence-corrected chi connectivity index (χ2v) is 22.1. The molecule has 8 atom stereocenters. The van der Waals surface area contributed by atoms with Gasteiger partial charge in [-0.25, -0.2) is 0 Å². The van der Waals surface area contributed by atoms with Crippen molar-refractivity contribution in [1.82, 2.24) is 5.32 Å². The highest BCUT2D eigenvalue weighted by molar-refractivity contribution is 5.80. The average molecular weight is 1070 g/mol. The van der Waals surface area contributed by atoms with Crippen LogP contribution in [0.1, 0.15) is 290 Å². The molecule has 0 radical (unpaired) electrons. The van der Waals surface area contributed by atoms with Crippen molar-refractivity contribution in [3.05, 3.63) is 48.6 Å². The Balaban J connectivity index is 2.64. The molecule has 444 valence electrons. The Labute approximate surface area is 466 Å². The first kappa shape index (κ1) is 71.6. The van der Waals surface area contributed by atoms with Crippen LogP contribution < -0.4 is 5.32 Å². The van der Waals surface area contributed by atoms with E-state index in [9.17, 15) is 35.1 Å². The summed E-state index contributed by atoms with van der Waals surface area (Å²) < 4.78 is 17.6. The number of ether oxygens (including phenoxy) is 3. The molecule has 1 heterocycles. The Morgan fingerprint density at radius 3 is 1.38 bits per heavy atom. The number of nitrogens with one attached hydrogen (secondary N) is 1. The summed E-state index contributed by atoms with van der Waals surface area (Å²) in [7, 11) is 0. The van der Waals surface area contributed by atoms with Crippen LogP contribution in [0.4, 0.5) is 0 Å². The smallest absolute Gasteiger partial charge is 0.306 e. The second kappa shape index (κ2) is 53.3. The maximum absolute atomic E-state index is 13.4. The molecule has 0 spiro atoms. The first-order chi connectivity index (χ1) is 37.2. The number of carbonyl (C=O) groups is 2. The number of rotatable bonds is 54. The van der Waals surface area contributed by atoms with Crippen molar-refractivity contribution in [1.29, 1.82) is 0 Å². The second-order valence-electron chi connectivity index (χ2n) is 22.1. The molecule has 0 aliphatic carbocycles. The summed E-state index contributed by atoms with van der Waals surface area (Å²) in [4.78, 5) is 26.5. The lowest BCUT2D eigenvalue weighted by Crippen LogP contribution is -2.61. The largest absolute Gasteiger partial charge is 0.454 e. The summed E-state index contributed by atoms with van der Waals surface area (Å²) in [6.07, 6.45) is 54.3. The molecule has 1 fully saturated rings. The van der Waals surface area contributed by atoms with E-state index in [4.69, 9.17) is 14.2 Å². The van der Waals surface area contributed by atoms with Gasteiger partial charge in [-0.1, -0.05) is 268 Å². The zero-order valence-corrected chi connectivity index (χ0v) is 49.1. The van der Waals surface area contributed by atoms with Gasteiger partial charge in [0.25, 0.3) is 0 Å². The zero-order chi connectivity index (χ0) is 55.4. The van der Waals surface area contributed by atoms with Gasteiger partial charge in [0.2, 0.25) is 5.91 Å². The Hall–Kier alpha value is -2.38. The number of hydrogen-bond donors (Lipinski definition) is 6. The average Bonchev–Trinajstić information content (AvgIpc) is 3.42. The van der Waals surface area contributed by atoms with E-state index in [1.54, 1.807) is 6.08 Å². The van der Waals surface area contributed by atoms with Crippen molar-refractivity contribution >= 4 is 11.9 Å². The van der Waals surface area contributed by atoms with Crippen molar-refractivity contribution in [2.24, 2.45) is 0 Å². The fourth-order valence-electron chi connectivity index (χ4n) is 9.89. The minimum absolute atomic E-state index is 0.127. The molecule has 0 bridgehead atoms. The summed E-state index contributed by atoms with van der Waals surface area (Å²) >= 11 is 0. The van der Waals surface area contributed by atoms with Crippen LogP contribution in [0.25, 0.3) is 0 Å². The molecule has 1 aliphatic heterocycles. The van der Waals surface area contributed by atoms with Gasteiger partial charge in [0.05, 0.1) is 25.4 Å². The number of hydrogen-bond acceptors (Lipinski definition) is 10. The summed E-state index contributed by atoms with van der Waals surface area (Å²) in [5.74, 6) is -1.19. The predicted octanol–water partition coefficient (Wildman–Crippen LogP) is 15.2. The van der Waals surface area contributed by atoms with Gasteiger partial charge >= 0.3 is 5.97 Å². The highest BCUT2D eigenvalue weighted by atomic mass is 16.7. The lowest BCUT2D eigenvalue weighted by atomic mass is 9.99. The van der Waals surface area contributed by atoms with Crippen molar-refractivity contribution in [2.75, 3.05) is 13.2 Å². The fourth-order valence-corrected chi connectivity index (χ4v) is 9.89. The number of esters is 1. The number of amides is 1. The van der Waals surface area contributed by atoms with Crippen molar-refractivity contribution < 1.29 is 49.3 Å². The lowest BCUT2D eigenvalue weighted by molar-refractivity contribution is -0.305. The molecule has 0 aromatic heterocycles. The fraction of sp³-hybridized carbons (Fsp3) is 0.846. The van der Waals surface area contributed by atoms with Crippen LogP contribution in [-0.4, -0.2) is 99.6 Å². The van der Waals surface area contributed by atoms with Crippen LogP contribution in [0.5, 0.6) is 0 Å². The summed E-state index contributed by atoms with van der Waals surface area (Å²) in [6, 6.07) is -1.02. The number of aliphatic hydroxyl groups excluding tert-OH is 5. The van der Waals surface area contributed by atoms with Crippen LogP contribution >= 0.6 is 0 Å². The molecule has 76 heavy (non-hydrogen) atoms. The quantitative estimate of drug-likeness (QED) is 0.0195. The minimum atomic E-state index is -1.61. The first-order valence-corrected chi connectivity index (χ1v) is 31.9. The molecule has 11 heteroatoms. The maximum atomic E-state index is 13.4. The van der Waals surface area contributed by atoms with Gasteiger partial charge in [-0.2, -0.15) is 0 Å². The molecule has 0 saturated carbocycles. The van der Waals surface area contributed by atoms with Crippen LogP contribution in [0.3, 0.4) is 0 Å². The highest BCUT2D eigenvalue weighted by Gasteiger charge is 2.47. The molecular formula is C65H119NO10. The van der Waals surface area contributed by atoms with Crippen molar-refractivity contribution in [3.63, 3.8) is 0 Å². The van der Waals surface area contributed by atoms with Gasteiger partial charge in [-0.15, -0.1) is 0 Å². The van der Waals surface area contributed by atoms with Crippen molar-refractivity contribution in [3.8, 4) is 0 Å². The zero-order valence-electron chi connectivity index (χ0n) is 49.1. The highest BCUT2D eigenvalue weighted by Crippen LogP contribution is 2.26. The van der Waals surface area contributed by atoms with E-state index >= 15 is 0 Å². The van der Waals surface area contributed by atoms with Crippen LogP contribution in [0, 0.1) is 0 Å². The van der Waals surface area contributed by atoms with Crippen LogP contribution in [-0.2, 0) is 23.8 Å². The van der Waals surface area contributed by atoms with E-state index in [0.717, 1.165) is 77.0 Å². The molecule has 0 aromatic carbocycles. The predicted molar refractivity (Wildman–Crippen MR) is 315 cm³/mol. The van der Waals surface area contributed by atoms with Gasteiger partial charge in [-0.3, -0.25) is 9.59 Å². The molecule has 11 nitrogen and oxygen atoms in total. The molecule has 1 rings (SSSR count). The molecule has 8 unspecified atom stereocenters. The van der Waals surface area contributed by atoms with Gasteiger partial charge < -0.3 is 45.1 Å². The van der Waals surface area contributed by atoms with Gasteiger partial charge in [0.15, 0.2) is 12.4 Å². The Morgan fingerprint density at radius 1 is 0.513 bits per heavy atom. The van der Waals surface area contributed by atoms with E-state index in [2.05, 4.69) is 62.5 Å². The van der Waals surface area contributed by atoms with E-state index < -0.39 is 67.4 Å². The van der Waals surface area contributed by atoms with E-state index in [0.29, 0.717) is 12.8 Å².